The van der Waals surface area contributed by atoms with Crippen molar-refractivity contribution in [2.45, 2.75) is 13.5 Å². The molecule has 0 spiro atoms. The van der Waals surface area contributed by atoms with Gasteiger partial charge < -0.3 is 14.5 Å². The van der Waals surface area contributed by atoms with Gasteiger partial charge in [0.05, 0.1) is 6.61 Å². The fourth-order valence-corrected chi connectivity index (χ4v) is 2.92. The van der Waals surface area contributed by atoms with Crippen molar-refractivity contribution in [2.75, 3.05) is 6.61 Å². The molecule has 29 heavy (non-hydrogen) atoms. The quantitative estimate of drug-likeness (QED) is 0.374. The van der Waals surface area contributed by atoms with Gasteiger partial charge in [-0.05, 0) is 48.9 Å². The highest BCUT2D eigenvalue weighted by molar-refractivity contribution is 6.31. The molecule has 3 rings (SSSR count). The van der Waals surface area contributed by atoms with Crippen LogP contribution in [0.5, 0.6) is 5.75 Å². The Hall–Kier alpha value is -3.56. The van der Waals surface area contributed by atoms with E-state index in [9.17, 15) is 9.59 Å². The molecule has 0 aliphatic rings. The molecule has 1 heterocycles. The molecule has 0 saturated carbocycles. The predicted octanol–water partition coefficient (Wildman–Crippen LogP) is 4.23. The van der Waals surface area contributed by atoms with E-state index in [0.29, 0.717) is 27.4 Å². The van der Waals surface area contributed by atoms with E-state index < -0.39 is 5.97 Å². The molecule has 0 amide bonds. The van der Waals surface area contributed by atoms with Crippen LogP contribution in [-0.4, -0.2) is 17.6 Å². The normalized spacial score (nSPS) is 11.1. The topological polar surface area (TPSA) is 92.2 Å². The van der Waals surface area contributed by atoms with Gasteiger partial charge in [0.15, 0.2) is 0 Å². The summed E-state index contributed by atoms with van der Waals surface area (Å²) in [4.78, 5) is 26.3. The number of carbonyl (C=O) groups excluding carboxylic acids is 1. The van der Waals surface area contributed by atoms with E-state index in [1.54, 1.807) is 49.4 Å². The van der Waals surface area contributed by atoms with E-state index in [0.717, 1.165) is 5.39 Å². The molecule has 0 radical (unpaired) electrons. The number of benzene rings is 2. The number of rotatable bonds is 6. The summed E-state index contributed by atoms with van der Waals surface area (Å²) in [6.07, 6.45) is 1.45. The van der Waals surface area contributed by atoms with Crippen LogP contribution in [0.2, 0.25) is 5.02 Å². The van der Waals surface area contributed by atoms with Gasteiger partial charge in [0.1, 0.15) is 24.0 Å². The lowest BCUT2D eigenvalue weighted by Crippen LogP contribution is -2.08. The second-order valence-electron chi connectivity index (χ2n) is 6.10. The standard InChI is InChI=1S/C22H17ClN2O4/c1-2-28-22(27)15(12-24)9-14-3-6-18(7-4-14)29-13-16-10-21(26)25-20-8-5-17(23)11-19(16)20/h3-11H,2,13H2,1H3,(H,25,26)/b15-9+. The molecular weight excluding hydrogens is 392 g/mol. The summed E-state index contributed by atoms with van der Waals surface area (Å²) >= 11 is 6.07. The van der Waals surface area contributed by atoms with Crippen molar-refractivity contribution < 1.29 is 14.3 Å². The third-order valence-corrected chi connectivity index (χ3v) is 4.33. The number of H-pyrrole nitrogens is 1. The van der Waals surface area contributed by atoms with Crippen molar-refractivity contribution in [3.05, 3.63) is 80.6 Å². The summed E-state index contributed by atoms with van der Waals surface area (Å²) in [6.45, 7) is 2.06. The van der Waals surface area contributed by atoms with Gasteiger partial charge >= 0.3 is 5.97 Å². The molecule has 1 N–H and O–H groups in total. The Morgan fingerprint density at radius 2 is 1.97 bits per heavy atom. The summed E-state index contributed by atoms with van der Waals surface area (Å²) in [7, 11) is 0. The summed E-state index contributed by atoms with van der Waals surface area (Å²) in [6, 6.07) is 15.4. The van der Waals surface area contributed by atoms with Gasteiger partial charge in [0.2, 0.25) is 5.56 Å². The maximum absolute atomic E-state index is 11.9. The number of pyridine rings is 1. The van der Waals surface area contributed by atoms with Crippen LogP contribution in [0.1, 0.15) is 18.1 Å². The van der Waals surface area contributed by atoms with Gasteiger partial charge in [-0.1, -0.05) is 23.7 Å². The first-order chi connectivity index (χ1) is 14.0. The van der Waals surface area contributed by atoms with Crippen LogP contribution in [0.3, 0.4) is 0 Å². The highest BCUT2D eigenvalue weighted by Gasteiger charge is 2.10. The smallest absolute Gasteiger partial charge is 0.348 e. The van der Waals surface area contributed by atoms with Gasteiger partial charge in [-0.3, -0.25) is 4.79 Å². The van der Waals surface area contributed by atoms with Crippen LogP contribution in [0.15, 0.2) is 58.9 Å². The molecular formula is C22H17ClN2O4. The van der Waals surface area contributed by atoms with Gasteiger partial charge in [-0.2, -0.15) is 5.26 Å². The fraction of sp³-hybridized carbons (Fsp3) is 0.136. The lowest BCUT2D eigenvalue weighted by molar-refractivity contribution is -0.137. The molecule has 3 aromatic rings. The van der Waals surface area contributed by atoms with Crippen molar-refractivity contribution in [3.8, 4) is 11.8 Å². The van der Waals surface area contributed by atoms with E-state index in [2.05, 4.69) is 4.98 Å². The second-order valence-corrected chi connectivity index (χ2v) is 6.53. The second kappa shape index (κ2) is 9.09. The average Bonchev–Trinajstić information content (AvgIpc) is 2.71. The third-order valence-electron chi connectivity index (χ3n) is 4.09. The minimum Gasteiger partial charge on any atom is -0.489 e. The molecule has 0 atom stereocenters. The van der Waals surface area contributed by atoms with Gasteiger partial charge in [-0.15, -0.1) is 0 Å². The minimum atomic E-state index is -0.657. The van der Waals surface area contributed by atoms with E-state index in [1.165, 1.54) is 12.1 Å². The number of hydrogen-bond donors (Lipinski definition) is 1. The number of aromatic amines is 1. The molecule has 1 aromatic heterocycles. The third kappa shape index (κ3) is 5.03. The summed E-state index contributed by atoms with van der Waals surface area (Å²) < 4.78 is 10.6. The van der Waals surface area contributed by atoms with Crippen LogP contribution in [0, 0.1) is 11.3 Å². The van der Waals surface area contributed by atoms with Crippen LogP contribution in [0.25, 0.3) is 17.0 Å². The maximum Gasteiger partial charge on any atom is 0.348 e. The molecule has 0 unspecified atom stereocenters. The first kappa shape index (κ1) is 20.2. The number of carbonyl (C=O) groups is 1. The van der Waals surface area contributed by atoms with E-state index in [4.69, 9.17) is 26.3 Å². The van der Waals surface area contributed by atoms with Crippen LogP contribution in [0.4, 0.5) is 0 Å². The van der Waals surface area contributed by atoms with Crippen molar-refractivity contribution >= 4 is 34.5 Å². The number of halogens is 1. The van der Waals surface area contributed by atoms with Crippen LogP contribution < -0.4 is 10.3 Å². The number of aromatic nitrogens is 1. The van der Waals surface area contributed by atoms with Crippen LogP contribution >= 0.6 is 11.6 Å². The Balaban J connectivity index is 1.77. The maximum atomic E-state index is 11.9. The number of ether oxygens (including phenoxy) is 2. The predicted molar refractivity (Wildman–Crippen MR) is 111 cm³/mol. The average molecular weight is 409 g/mol. The molecule has 2 aromatic carbocycles. The monoisotopic (exact) mass is 408 g/mol. The summed E-state index contributed by atoms with van der Waals surface area (Å²) in [5.74, 6) is -0.0811. The zero-order chi connectivity index (χ0) is 20.8. The van der Waals surface area contributed by atoms with E-state index >= 15 is 0 Å². The summed E-state index contributed by atoms with van der Waals surface area (Å²) in [5, 5.41) is 10.5. The lowest BCUT2D eigenvalue weighted by atomic mass is 10.1. The van der Waals surface area contributed by atoms with Gasteiger partial charge in [0, 0.05) is 27.6 Å². The highest BCUT2D eigenvalue weighted by Crippen LogP contribution is 2.22. The molecule has 0 aliphatic heterocycles. The van der Waals surface area contributed by atoms with Crippen LogP contribution in [-0.2, 0) is 16.1 Å². The van der Waals surface area contributed by atoms with Gasteiger partial charge in [-0.25, -0.2) is 4.79 Å². The number of esters is 1. The molecule has 0 fully saturated rings. The molecule has 146 valence electrons. The Bertz CT molecular complexity index is 1170. The molecule has 6 nitrogen and oxygen atoms in total. The lowest BCUT2D eigenvalue weighted by Gasteiger charge is -2.09. The zero-order valence-corrected chi connectivity index (χ0v) is 16.3. The number of hydrogen-bond acceptors (Lipinski definition) is 5. The number of nitrogens with zero attached hydrogens (tertiary/aromatic N) is 1. The molecule has 0 aliphatic carbocycles. The first-order valence-corrected chi connectivity index (χ1v) is 9.21. The van der Waals surface area contributed by atoms with E-state index in [-0.39, 0.29) is 24.3 Å². The summed E-state index contributed by atoms with van der Waals surface area (Å²) in [5.41, 5.74) is 1.76. The van der Waals surface area contributed by atoms with Crippen molar-refractivity contribution in [2.24, 2.45) is 0 Å². The van der Waals surface area contributed by atoms with Gasteiger partial charge in [0.25, 0.3) is 0 Å². The Labute approximate surface area is 172 Å². The highest BCUT2D eigenvalue weighted by atomic mass is 35.5. The van der Waals surface area contributed by atoms with Crippen molar-refractivity contribution in [1.82, 2.24) is 4.98 Å². The Kier molecular flexibility index (Phi) is 6.32. The minimum absolute atomic E-state index is 0.0765. The number of nitrogens with one attached hydrogen (secondary N) is 1. The molecule has 0 saturated heterocycles. The molecule has 0 bridgehead atoms. The number of nitriles is 1. The first-order valence-electron chi connectivity index (χ1n) is 8.83. The molecule has 7 heteroatoms. The van der Waals surface area contributed by atoms with E-state index in [1.807, 2.05) is 6.07 Å². The number of fused-ring (bicyclic) bond motifs is 1. The van der Waals surface area contributed by atoms with Crippen molar-refractivity contribution in [3.63, 3.8) is 0 Å². The zero-order valence-electron chi connectivity index (χ0n) is 15.6. The Morgan fingerprint density at radius 1 is 1.21 bits per heavy atom. The Morgan fingerprint density at radius 3 is 2.66 bits per heavy atom. The largest absolute Gasteiger partial charge is 0.489 e. The fourth-order valence-electron chi connectivity index (χ4n) is 2.75. The van der Waals surface area contributed by atoms with Crippen molar-refractivity contribution in [1.29, 1.82) is 5.26 Å². The SMILES string of the molecule is CCOC(=O)/C(C#N)=C/c1ccc(OCc2cc(=O)[nH]c3ccc(Cl)cc23)cc1.